The van der Waals surface area contributed by atoms with E-state index in [-0.39, 0.29) is 12.7 Å². The van der Waals surface area contributed by atoms with E-state index in [9.17, 15) is 4.39 Å². The lowest BCUT2D eigenvalue weighted by atomic mass is 10.1. The van der Waals surface area contributed by atoms with Crippen molar-refractivity contribution in [2.24, 2.45) is 0 Å². The van der Waals surface area contributed by atoms with Crippen LogP contribution in [0.2, 0.25) is 0 Å². The van der Waals surface area contributed by atoms with Gasteiger partial charge in [-0.2, -0.15) is 0 Å². The molecule has 1 saturated heterocycles. The monoisotopic (exact) mass is 328 g/mol. The summed E-state index contributed by atoms with van der Waals surface area (Å²) in [7, 11) is 0. The highest BCUT2D eigenvalue weighted by atomic mass is 19.1. The quantitative estimate of drug-likeness (QED) is 0.775. The molecule has 4 heteroatoms. The van der Waals surface area contributed by atoms with Gasteiger partial charge in [-0.3, -0.25) is 9.80 Å². The fourth-order valence-electron chi connectivity index (χ4n) is 3.20. The second-order valence-corrected chi connectivity index (χ2v) is 6.12. The lowest BCUT2D eigenvalue weighted by molar-refractivity contribution is 0.0684. The van der Waals surface area contributed by atoms with Crippen molar-refractivity contribution in [1.29, 1.82) is 0 Å². The molecule has 1 fully saturated rings. The number of para-hydroxylation sites is 1. The van der Waals surface area contributed by atoms with E-state index in [0.29, 0.717) is 13.2 Å². The first-order valence-electron chi connectivity index (χ1n) is 8.62. The van der Waals surface area contributed by atoms with Crippen LogP contribution in [0.1, 0.15) is 11.6 Å². The van der Waals surface area contributed by atoms with Gasteiger partial charge in [-0.15, -0.1) is 0 Å². The van der Waals surface area contributed by atoms with Crippen LogP contribution in [-0.4, -0.2) is 55.8 Å². The van der Waals surface area contributed by atoms with Crippen LogP contribution in [0.5, 0.6) is 5.75 Å². The van der Waals surface area contributed by atoms with Crippen molar-refractivity contribution in [3.05, 3.63) is 66.2 Å². The number of alkyl halides is 1. The van der Waals surface area contributed by atoms with E-state index in [2.05, 4.69) is 34.1 Å². The Labute approximate surface area is 143 Å². The molecule has 0 radical (unpaired) electrons. The second-order valence-electron chi connectivity index (χ2n) is 6.12. The van der Waals surface area contributed by atoms with Crippen LogP contribution in [0.4, 0.5) is 4.39 Å². The van der Waals surface area contributed by atoms with Crippen molar-refractivity contribution in [3.8, 4) is 5.75 Å². The molecule has 128 valence electrons. The molecule has 24 heavy (non-hydrogen) atoms. The molecule has 1 aliphatic rings. The minimum atomic E-state index is -0.265. The molecule has 1 aliphatic heterocycles. The van der Waals surface area contributed by atoms with E-state index in [1.807, 2.05) is 36.4 Å². The number of piperazine rings is 1. The SMILES string of the molecule is FCCN1CCN(C(COc2ccccc2)c2ccccc2)CC1. The number of rotatable bonds is 7. The zero-order valence-electron chi connectivity index (χ0n) is 14.0. The number of hydrogen-bond donors (Lipinski definition) is 0. The number of halogens is 1. The van der Waals surface area contributed by atoms with Crippen LogP contribution in [0, 0.1) is 0 Å². The highest BCUT2D eigenvalue weighted by Crippen LogP contribution is 2.23. The fraction of sp³-hybridized carbons (Fsp3) is 0.400. The molecule has 0 amide bonds. The lowest BCUT2D eigenvalue weighted by Gasteiger charge is -2.39. The van der Waals surface area contributed by atoms with Crippen LogP contribution in [0.3, 0.4) is 0 Å². The van der Waals surface area contributed by atoms with Gasteiger partial charge in [0.2, 0.25) is 0 Å². The lowest BCUT2D eigenvalue weighted by Crippen LogP contribution is -2.49. The Morgan fingerprint density at radius 2 is 1.50 bits per heavy atom. The summed E-state index contributed by atoms with van der Waals surface area (Å²) in [5, 5.41) is 0. The average molecular weight is 328 g/mol. The molecule has 1 heterocycles. The van der Waals surface area contributed by atoms with Crippen molar-refractivity contribution in [1.82, 2.24) is 9.80 Å². The van der Waals surface area contributed by atoms with Gasteiger partial charge < -0.3 is 4.74 Å². The Kier molecular flexibility index (Phi) is 6.21. The van der Waals surface area contributed by atoms with E-state index in [1.54, 1.807) is 0 Å². The summed E-state index contributed by atoms with van der Waals surface area (Å²) in [5.41, 5.74) is 1.27. The van der Waals surface area contributed by atoms with Gasteiger partial charge in [0.1, 0.15) is 19.0 Å². The van der Waals surface area contributed by atoms with Gasteiger partial charge in [-0.05, 0) is 17.7 Å². The zero-order valence-corrected chi connectivity index (χ0v) is 14.0. The molecular formula is C20H25FN2O. The number of nitrogens with zero attached hydrogens (tertiary/aromatic N) is 2. The summed E-state index contributed by atoms with van der Waals surface area (Å²) in [6.07, 6.45) is 0. The van der Waals surface area contributed by atoms with E-state index in [0.717, 1.165) is 31.9 Å². The van der Waals surface area contributed by atoms with Crippen LogP contribution in [0.25, 0.3) is 0 Å². The van der Waals surface area contributed by atoms with Gasteiger partial charge in [0.15, 0.2) is 0 Å². The summed E-state index contributed by atoms with van der Waals surface area (Å²) in [6, 6.07) is 20.7. The highest BCUT2D eigenvalue weighted by molar-refractivity contribution is 5.23. The smallest absolute Gasteiger partial charge is 0.119 e. The van der Waals surface area contributed by atoms with Crippen LogP contribution < -0.4 is 4.74 Å². The summed E-state index contributed by atoms with van der Waals surface area (Å²) in [6.45, 7) is 4.62. The molecule has 2 aromatic carbocycles. The fourth-order valence-corrected chi connectivity index (χ4v) is 3.20. The van der Waals surface area contributed by atoms with Gasteiger partial charge in [0.05, 0.1) is 6.04 Å². The number of hydrogen-bond acceptors (Lipinski definition) is 3. The molecule has 3 rings (SSSR count). The molecule has 0 spiro atoms. The molecule has 1 unspecified atom stereocenters. The average Bonchev–Trinajstić information content (AvgIpc) is 2.65. The third-order valence-electron chi connectivity index (χ3n) is 4.58. The minimum absolute atomic E-state index is 0.221. The van der Waals surface area contributed by atoms with Crippen LogP contribution in [0.15, 0.2) is 60.7 Å². The molecule has 0 aliphatic carbocycles. The van der Waals surface area contributed by atoms with E-state index < -0.39 is 0 Å². The Balaban J connectivity index is 1.66. The second kappa shape index (κ2) is 8.81. The molecule has 0 N–H and O–H groups in total. The molecule has 1 atom stereocenters. The van der Waals surface area contributed by atoms with Crippen LogP contribution >= 0.6 is 0 Å². The van der Waals surface area contributed by atoms with Gasteiger partial charge in [-0.25, -0.2) is 4.39 Å². The Hall–Kier alpha value is -1.91. The largest absolute Gasteiger partial charge is 0.492 e. The van der Waals surface area contributed by atoms with Crippen molar-refractivity contribution < 1.29 is 9.13 Å². The Morgan fingerprint density at radius 3 is 2.12 bits per heavy atom. The van der Waals surface area contributed by atoms with E-state index >= 15 is 0 Å². The van der Waals surface area contributed by atoms with Crippen molar-refractivity contribution in [2.75, 3.05) is 46.0 Å². The van der Waals surface area contributed by atoms with Gasteiger partial charge >= 0.3 is 0 Å². The minimum Gasteiger partial charge on any atom is -0.492 e. The standard InChI is InChI=1S/C20H25FN2O/c21-11-12-22-13-15-23(16-14-22)20(18-7-3-1-4-8-18)17-24-19-9-5-2-6-10-19/h1-10,20H,11-17H2. The highest BCUT2D eigenvalue weighted by Gasteiger charge is 2.25. The molecule has 2 aromatic rings. The Bertz CT molecular complexity index is 585. The van der Waals surface area contributed by atoms with Gasteiger partial charge in [-0.1, -0.05) is 48.5 Å². The number of ether oxygens (including phenoxy) is 1. The maximum atomic E-state index is 12.5. The molecule has 0 saturated carbocycles. The zero-order chi connectivity index (χ0) is 16.6. The van der Waals surface area contributed by atoms with E-state index in [1.165, 1.54) is 5.56 Å². The molecular weight excluding hydrogens is 303 g/mol. The van der Waals surface area contributed by atoms with Gasteiger partial charge in [0, 0.05) is 32.7 Å². The first kappa shape index (κ1) is 16.9. The third-order valence-corrected chi connectivity index (χ3v) is 4.58. The summed E-state index contributed by atoms with van der Waals surface area (Å²) in [4.78, 5) is 4.64. The normalized spacial score (nSPS) is 17.5. The van der Waals surface area contributed by atoms with Crippen molar-refractivity contribution >= 4 is 0 Å². The summed E-state index contributed by atoms with van der Waals surface area (Å²) < 4.78 is 18.6. The predicted molar refractivity (Wildman–Crippen MR) is 95.1 cm³/mol. The first-order valence-corrected chi connectivity index (χ1v) is 8.62. The maximum Gasteiger partial charge on any atom is 0.119 e. The first-order chi connectivity index (χ1) is 11.9. The molecule has 0 bridgehead atoms. The third kappa shape index (κ3) is 4.56. The Morgan fingerprint density at radius 1 is 0.875 bits per heavy atom. The molecule has 0 aromatic heterocycles. The predicted octanol–water partition coefficient (Wildman–Crippen LogP) is 3.39. The molecule has 3 nitrogen and oxygen atoms in total. The van der Waals surface area contributed by atoms with E-state index in [4.69, 9.17) is 4.74 Å². The summed E-state index contributed by atoms with van der Waals surface area (Å²) in [5.74, 6) is 0.898. The summed E-state index contributed by atoms with van der Waals surface area (Å²) >= 11 is 0. The number of benzene rings is 2. The van der Waals surface area contributed by atoms with Gasteiger partial charge in [0.25, 0.3) is 0 Å². The van der Waals surface area contributed by atoms with Crippen molar-refractivity contribution in [2.45, 2.75) is 6.04 Å². The topological polar surface area (TPSA) is 15.7 Å². The van der Waals surface area contributed by atoms with Crippen molar-refractivity contribution in [3.63, 3.8) is 0 Å². The maximum absolute atomic E-state index is 12.5. The van der Waals surface area contributed by atoms with Crippen LogP contribution in [-0.2, 0) is 0 Å².